The smallest absolute Gasteiger partial charge is 0.321 e. The lowest BCUT2D eigenvalue weighted by Crippen LogP contribution is -2.40. The van der Waals surface area contributed by atoms with Crippen LogP contribution in [0.1, 0.15) is 32.5 Å². The molecule has 0 amide bonds. The Kier molecular flexibility index (Phi) is 4.36. The number of hydrogen-bond donors (Lipinski definition) is 1. The third-order valence-corrected chi connectivity index (χ3v) is 4.75. The number of likely N-dealkylation sites (N-methyl/N-ethyl adjacent to an activating group) is 1. The average Bonchev–Trinajstić information content (AvgIpc) is 2.69. The van der Waals surface area contributed by atoms with Crippen LogP contribution in [0, 0.1) is 0 Å². The van der Waals surface area contributed by atoms with Gasteiger partial charge in [-0.3, -0.25) is 4.79 Å². The summed E-state index contributed by atoms with van der Waals surface area (Å²) in [5, 5.41) is 8.75. The first kappa shape index (κ1) is 15.6. The van der Waals surface area contributed by atoms with Crippen molar-refractivity contribution in [1.29, 1.82) is 0 Å². The third-order valence-electron chi connectivity index (χ3n) is 2.95. The highest BCUT2D eigenvalue weighted by atomic mass is 32.2. The Labute approximate surface area is 112 Å². The molecule has 1 N–H and O–H groups in total. The van der Waals surface area contributed by atoms with E-state index in [9.17, 15) is 13.2 Å². The molecule has 0 saturated carbocycles. The number of hydrogen-bond acceptors (Lipinski definition) is 4. The Bertz CT molecular complexity index is 577. The number of aryl methyl sites for hydroxylation is 1. The molecule has 0 saturated heterocycles. The van der Waals surface area contributed by atoms with Crippen LogP contribution in [0.2, 0.25) is 0 Å². The maximum atomic E-state index is 12.3. The molecule has 7 nitrogen and oxygen atoms in total. The molecule has 108 valence electrons. The van der Waals surface area contributed by atoms with E-state index in [1.807, 2.05) is 13.8 Å². The normalized spacial score (nSPS) is 14.1. The van der Waals surface area contributed by atoms with Crippen LogP contribution in [0.3, 0.4) is 0 Å². The summed E-state index contributed by atoms with van der Waals surface area (Å²) in [5.74, 6) is -0.489. The third kappa shape index (κ3) is 2.95. The van der Waals surface area contributed by atoms with E-state index in [4.69, 9.17) is 5.11 Å². The van der Waals surface area contributed by atoms with E-state index in [2.05, 4.69) is 4.98 Å². The minimum Gasteiger partial charge on any atom is -0.480 e. The van der Waals surface area contributed by atoms with Gasteiger partial charge in [0.2, 0.25) is 0 Å². The second-order valence-electron chi connectivity index (χ2n) is 4.74. The minimum absolute atomic E-state index is 0.0798. The van der Waals surface area contributed by atoms with Crippen molar-refractivity contribution in [3.63, 3.8) is 0 Å². The highest BCUT2D eigenvalue weighted by molar-refractivity contribution is 7.89. The van der Waals surface area contributed by atoms with Crippen molar-refractivity contribution in [2.24, 2.45) is 7.05 Å². The average molecular weight is 289 g/mol. The van der Waals surface area contributed by atoms with Gasteiger partial charge in [-0.1, -0.05) is 13.8 Å². The van der Waals surface area contributed by atoms with Gasteiger partial charge in [0.25, 0.3) is 10.0 Å². The first-order chi connectivity index (χ1) is 8.59. The SMILES string of the molecule is CC(C)c1nc(S(=O)(=O)N(C)C(C)C(=O)O)cn1C. The molecule has 1 aromatic rings. The fourth-order valence-electron chi connectivity index (χ4n) is 1.62. The number of carboxylic acids is 1. The molecule has 0 aliphatic rings. The Balaban J connectivity index is 3.21. The number of carbonyl (C=O) groups is 1. The molecule has 1 unspecified atom stereocenters. The number of aromatic nitrogens is 2. The van der Waals surface area contributed by atoms with Crippen LogP contribution >= 0.6 is 0 Å². The van der Waals surface area contributed by atoms with E-state index in [0.717, 1.165) is 4.31 Å². The van der Waals surface area contributed by atoms with Crippen molar-refractivity contribution >= 4 is 16.0 Å². The first-order valence-corrected chi connectivity index (χ1v) is 7.27. The van der Waals surface area contributed by atoms with Crippen LogP contribution in [0.4, 0.5) is 0 Å². The van der Waals surface area contributed by atoms with Gasteiger partial charge in [-0.15, -0.1) is 0 Å². The number of sulfonamides is 1. The number of nitrogens with zero attached hydrogens (tertiary/aromatic N) is 3. The maximum Gasteiger partial charge on any atom is 0.321 e. The Morgan fingerprint density at radius 1 is 1.42 bits per heavy atom. The summed E-state index contributed by atoms with van der Waals surface area (Å²) < 4.78 is 26.9. The highest BCUT2D eigenvalue weighted by Crippen LogP contribution is 2.19. The molecule has 0 bridgehead atoms. The molecule has 0 fully saturated rings. The summed E-state index contributed by atoms with van der Waals surface area (Å²) in [6.45, 7) is 5.12. The molecule has 0 aliphatic heterocycles. The molecule has 0 aliphatic carbocycles. The van der Waals surface area contributed by atoms with Crippen LogP contribution in [-0.2, 0) is 21.9 Å². The van der Waals surface area contributed by atoms with Gasteiger partial charge in [0.05, 0.1) is 0 Å². The molecular weight excluding hydrogens is 270 g/mol. The zero-order chi connectivity index (χ0) is 15.0. The lowest BCUT2D eigenvalue weighted by molar-refractivity contribution is -0.140. The summed E-state index contributed by atoms with van der Waals surface area (Å²) in [5.41, 5.74) is 0. The summed E-state index contributed by atoms with van der Waals surface area (Å²) >= 11 is 0. The van der Waals surface area contributed by atoms with E-state index >= 15 is 0 Å². The van der Waals surface area contributed by atoms with Gasteiger partial charge in [-0.05, 0) is 6.92 Å². The van der Waals surface area contributed by atoms with Crippen molar-refractivity contribution in [2.75, 3.05) is 7.05 Å². The van der Waals surface area contributed by atoms with Crippen LogP contribution in [-0.4, -0.2) is 46.4 Å². The molecular formula is C11H19N3O4S. The monoisotopic (exact) mass is 289 g/mol. The van der Waals surface area contributed by atoms with Gasteiger partial charge in [-0.2, -0.15) is 4.31 Å². The summed E-state index contributed by atoms with van der Waals surface area (Å²) in [6, 6.07) is -1.14. The van der Waals surface area contributed by atoms with Gasteiger partial charge >= 0.3 is 5.97 Å². The van der Waals surface area contributed by atoms with E-state index < -0.39 is 22.0 Å². The van der Waals surface area contributed by atoms with E-state index in [-0.39, 0.29) is 10.9 Å². The van der Waals surface area contributed by atoms with Crippen LogP contribution in [0.5, 0.6) is 0 Å². The van der Waals surface area contributed by atoms with E-state index in [0.29, 0.717) is 5.82 Å². The van der Waals surface area contributed by atoms with Crippen molar-refractivity contribution < 1.29 is 18.3 Å². The highest BCUT2D eigenvalue weighted by Gasteiger charge is 2.31. The van der Waals surface area contributed by atoms with Crippen molar-refractivity contribution in [1.82, 2.24) is 13.9 Å². The van der Waals surface area contributed by atoms with Crippen molar-refractivity contribution in [3.8, 4) is 0 Å². The van der Waals surface area contributed by atoms with Crippen LogP contribution in [0.15, 0.2) is 11.2 Å². The summed E-state index contributed by atoms with van der Waals surface area (Å²) in [6.07, 6.45) is 1.40. The largest absolute Gasteiger partial charge is 0.480 e. The summed E-state index contributed by atoms with van der Waals surface area (Å²) in [4.78, 5) is 15.0. The maximum absolute atomic E-state index is 12.3. The van der Waals surface area contributed by atoms with Gasteiger partial charge in [0, 0.05) is 26.2 Å². The second-order valence-corrected chi connectivity index (χ2v) is 6.68. The zero-order valence-electron chi connectivity index (χ0n) is 11.7. The number of carboxylic acid groups (broad SMARTS) is 1. The van der Waals surface area contributed by atoms with Gasteiger partial charge in [-0.25, -0.2) is 13.4 Å². The van der Waals surface area contributed by atoms with Gasteiger partial charge in [0.1, 0.15) is 11.9 Å². The predicted octanol–water partition coefficient (Wildman–Crippen LogP) is 0.637. The molecule has 1 aromatic heterocycles. The number of rotatable bonds is 5. The summed E-state index contributed by atoms with van der Waals surface area (Å²) in [7, 11) is -0.954. The lowest BCUT2D eigenvalue weighted by Gasteiger charge is -2.19. The fourth-order valence-corrected chi connectivity index (χ4v) is 2.93. The molecule has 0 radical (unpaired) electrons. The van der Waals surface area contributed by atoms with Crippen LogP contribution < -0.4 is 0 Å². The molecule has 0 aromatic carbocycles. The quantitative estimate of drug-likeness (QED) is 0.858. The Morgan fingerprint density at radius 3 is 2.32 bits per heavy atom. The predicted molar refractivity (Wildman–Crippen MR) is 69.3 cm³/mol. The van der Waals surface area contributed by atoms with E-state index in [1.165, 1.54) is 20.2 Å². The zero-order valence-corrected chi connectivity index (χ0v) is 12.5. The van der Waals surface area contributed by atoms with E-state index in [1.54, 1.807) is 11.6 Å². The molecule has 1 heterocycles. The lowest BCUT2D eigenvalue weighted by atomic mass is 10.2. The Morgan fingerprint density at radius 2 is 1.95 bits per heavy atom. The van der Waals surface area contributed by atoms with Crippen molar-refractivity contribution in [3.05, 3.63) is 12.0 Å². The minimum atomic E-state index is -3.90. The molecule has 1 rings (SSSR count). The molecule has 0 spiro atoms. The van der Waals surface area contributed by atoms with Gasteiger partial charge in [0.15, 0.2) is 5.03 Å². The first-order valence-electron chi connectivity index (χ1n) is 5.83. The number of aliphatic carboxylic acids is 1. The molecule has 1 atom stereocenters. The topological polar surface area (TPSA) is 92.5 Å². The fraction of sp³-hybridized carbons (Fsp3) is 0.636. The second kappa shape index (κ2) is 5.30. The molecule has 8 heteroatoms. The van der Waals surface area contributed by atoms with Crippen LogP contribution in [0.25, 0.3) is 0 Å². The standard InChI is InChI=1S/C11H19N3O4S/c1-7(2)10-12-9(6-13(10)4)19(17,18)14(5)8(3)11(15)16/h6-8H,1-5H3,(H,15,16). The van der Waals surface area contributed by atoms with Gasteiger partial charge < -0.3 is 9.67 Å². The Hall–Kier alpha value is -1.41. The number of imidazole rings is 1. The van der Waals surface area contributed by atoms with Crippen molar-refractivity contribution in [2.45, 2.75) is 37.8 Å². The molecule has 19 heavy (non-hydrogen) atoms.